The second kappa shape index (κ2) is 6.45. The molecule has 0 saturated heterocycles. The number of benzene rings is 1. The molecular formula is C17H15BrNO3S-. The fourth-order valence-electron chi connectivity index (χ4n) is 2.83. The van der Waals surface area contributed by atoms with Gasteiger partial charge >= 0.3 is 0 Å². The number of rotatable bonds is 3. The number of amides is 1. The summed E-state index contributed by atoms with van der Waals surface area (Å²) in [6, 6.07) is 6.92. The van der Waals surface area contributed by atoms with E-state index in [0.29, 0.717) is 16.5 Å². The minimum Gasteiger partial charge on any atom is -0.545 e. The van der Waals surface area contributed by atoms with E-state index in [4.69, 9.17) is 0 Å². The summed E-state index contributed by atoms with van der Waals surface area (Å²) in [6.07, 6.45) is 2.54. The monoisotopic (exact) mass is 392 g/mol. The third kappa shape index (κ3) is 3.33. The number of hydrogen-bond donors (Lipinski definition) is 1. The molecule has 0 fully saturated rings. The van der Waals surface area contributed by atoms with Crippen molar-refractivity contribution >= 4 is 44.1 Å². The Morgan fingerprint density at radius 2 is 2.00 bits per heavy atom. The molecule has 0 saturated carbocycles. The average Bonchev–Trinajstić information content (AvgIpc) is 2.84. The topological polar surface area (TPSA) is 69.2 Å². The van der Waals surface area contributed by atoms with E-state index in [2.05, 4.69) is 28.2 Å². The minimum absolute atomic E-state index is 0.155. The molecule has 0 spiro atoms. The smallest absolute Gasteiger partial charge is 0.256 e. The van der Waals surface area contributed by atoms with E-state index in [1.54, 1.807) is 24.3 Å². The highest BCUT2D eigenvalue weighted by molar-refractivity contribution is 9.10. The highest BCUT2D eigenvalue weighted by Gasteiger charge is 2.25. The van der Waals surface area contributed by atoms with Crippen molar-refractivity contribution in [3.05, 3.63) is 50.3 Å². The lowest BCUT2D eigenvalue weighted by atomic mass is 9.88. The SMILES string of the molecule is C[C@@H]1CCc2c(sc(NC(=O)c3ccc(Br)cc3)c2C(=O)[O-])C1. The van der Waals surface area contributed by atoms with E-state index in [1.165, 1.54) is 11.3 Å². The first-order valence-electron chi connectivity index (χ1n) is 7.38. The van der Waals surface area contributed by atoms with Crippen molar-refractivity contribution in [1.29, 1.82) is 0 Å². The van der Waals surface area contributed by atoms with Gasteiger partial charge in [0, 0.05) is 20.5 Å². The predicted octanol–water partition coefficient (Wildman–Crippen LogP) is 3.25. The van der Waals surface area contributed by atoms with Crippen LogP contribution in [0.25, 0.3) is 0 Å². The number of aromatic carboxylic acids is 1. The molecule has 6 heteroatoms. The molecule has 1 aliphatic rings. The number of nitrogens with one attached hydrogen (secondary N) is 1. The van der Waals surface area contributed by atoms with E-state index in [0.717, 1.165) is 34.2 Å². The number of fused-ring (bicyclic) bond motifs is 1. The number of anilines is 1. The van der Waals surface area contributed by atoms with Crippen LogP contribution in [0.15, 0.2) is 28.7 Å². The van der Waals surface area contributed by atoms with Gasteiger partial charge in [-0.1, -0.05) is 22.9 Å². The van der Waals surface area contributed by atoms with Crippen LogP contribution in [0.2, 0.25) is 0 Å². The molecule has 23 heavy (non-hydrogen) atoms. The first-order valence-corrected chi connectivity index (χ1v) is 8.99. The second-order valence-corrected chi connectivity index (χ2v) is 7.83. The zero-order valence-corrected chi connectivity index (χ0v) is 14.9. The van der Waals surface area contributed by atoms with Crippen LogP contribution >= 0.6 is 27.3 Å². The van der Waals surface area contributed by atoms with Crippen LogP contribution in [0.3, 0.4) is 0 Å². The van der Waals surface area contributed by atoms with Gasteiger partial charge in [-0.3, -0.25) is 4.79 Å². The van der Waals surface area contributed by atoms with E-state index in [1.807, 2.05) is 0 Å². The summed E-state index contributed by atoms with van der Waals surface area (Å²) in [7, 11) is 0. The van der Waals surface area contributed by atoms with Crippen LogP contribution in [0, 0.1) is 5.92 Å². The van der Waals surface area contributed by atoms with Crippen molar-refractivity contribution in [3.8, 4) is 0 Å². The molecule has 1 aromatic carbocycles. The Balaban J connectivity index is 1.92. The van der Waals surface area contributed by atoms with E-state index >= 15 is 0 Å². The number of carboxylic acids is 1. The largest absolute Gasteiger partial charge is 0.545 e. The summed E-state index contributed by atoms with van der Waals surface area (Å²) in [5.74, 6) is -0.999. The number of halogens is 1. The van der Waals surface area contributed by atoms with Gasteiger partial charge in [0.1, 0.15) is 5.00 Å². The molecular weight excluding hydrogens is 378 g/mol. The summed E-state index contributed by atoms with van der Waals surface area (Å²) < 4.78 is 0.880. The van der Waals surface area contributed by atoms with Crippen molar-refractivity contribution in [3.63, 3.8) is 0 Å². The molecule has 2 aromatic rings. The number of carbonyl (C=O) groups is 2. The highest BCUT2D eigenvalue weighted by atomic mass is 79.9. The molecule has 1 heterocycles. The molecule has 0 bridgehead atoms. The quantitative estimate of drug-likeness (QED) is 0.871. The van der Waals surface area contributed by atoms with E-state index in [9.17, 15) is 14.7 Å². The zero-order chi connectivity index (χ0) is 16.6. The summed E-state index contributed by atoms with van der Waals surface area (Å²) in [6.45, 7) is 2.15. The first-order chi connectivity index (χ1) is 11.0. The molecule has 1 aromatic heterocycles. The molecule has 120 valence electrons. The fourth-order valence-corrected chi connectivity index (χ4v) is 4.49. The van der Waals surface area contributed by atoms with Crippen LogP contribution < -0.4 is 10.4 Å². The van der Waals surface area contributed by atoms with Crippen LogP contribution in [-0.4, -0.2) is 11.9 Å². The number of carboxylic acid groups (broad SMARTS) is 1. The van der Waals surface area contributed by atoms with Gasteiger partial charge in [0.05, 0.1) is 5.97 Å². The lowest BCUT2D eigenvalue weighted by Crippen LogP contribution is -2.26. The number of carbonyl (C=O) groups excluding carboxylic acids is 2. The molecule has 0 aliphatic heterocycles. The summed E-state index contributed by atoms with van der Waals surface area (Å²) in [5, 5.41) is 14.7. The average molecular weight is 393 g/mol. The summed E-state index contributed by atoms with van der Waals surface area (Å²) >= 11 is 4.68. The number of hydrogen-bond acceptors (Lipinski definition) is 4. The Kier molecular flexibility index (Phi) is 4.55. The standard InChI is InChI=1S/C17H16BrNO3S/c1-9-2-7-12-13(8-9)23-16(14(12)17(21)22)19-15(20)10-3-5-11(18)6-4-10/h3-6,9H,2,7-8H2,1H3,(H,19,20)(H,21,22)/p-1/t9-/m1/s1. The molecule has 1 atom stereocenters. The minimum atomic E-state index is -1.22. The normalized spacial score (nSPS) is 16.7. The maximum Gasteiger partial charge on any atom is 0.256 e. The van der Waals surface area contributed by atoms with Crippen molar-refractivity contribution in [2.45, 2.75) is 26.2 Å². The van der Waals surface area contributed by atoms with Gasteiger partial charge in [-0.25, -0.2) is 0 Å². The van der Waals surface area contributed by atoms with Gasteiger partial charge in [0.2, 0.25) is 0 Å². The molecule has 1 N–H and O–H groups in total. The van der Waals surface area contributed by atoms with Crippen molar-refractivity contribution in [1.82, 2.24) is 0 Å². The third-order valence-corrected chi connectivity index (χ3v) is 5.75. The maximum absolute atomic E-state index is 12.3. The predicted molar refractivity (Wildman–Crippen MR) is 91.9 cm³/mol. The van der Waals surface area contributed by atoms with Crippen LogP contribution in [-0.2, 0) is 12.8 Å². The second-order valence-electron chi connectivity index (χ2n) is 5.80. The molecule has 0 radical (unpaired) electrons. The van der Waals surface area contributed by atoms with Gasteiger partial charge in [0.15, 0.2) is 0 Å². The zero-order valence-electron chi connectivity index (χ0n) is 12.5. The van der Waals surface area contributed by atoms with Crippen LogP contribution in [0.1, 0.15) is 44.5 Å². The molecule has 4 nitrogen and oxygen atoms in total. The Hall–Kier alpha value is -1.66. The Morgan fingerprint density at radius 1 is 1.30 bits per heavy atom. The maximum atomic E-state index is 12.3. The van der Waals surface area contributed by atoms with Gasteiger partial charge in [-0.15, -0.1) is 11.3 Å². The van der Waals surface area contributed by atoms with E-state index in [-0.39, 0.29) is 11.5 Å². The van der Waals surface area contributed by atoms with Gasteiger partial charge in [-0.2, -0.15) is 0 Å². The van der Waals surface area contributed by atoms with Crippen molar-refractivity contribution in [2.24, 2.45) is 5.92 Å². The Labute approximate surface area is 146 Å². The van der Waals surface area contributed by atoms with Gasteiger partial charge in [-0.05, 0) is 55.0 Å². The van der Waals surface area contributed by atoms with Crippen LogP contribution in [0.4, 0.5) is 5.00 Å². The first kappa shape index (κ1) is 16.2. The lowest BCUT2D eigenvalue weighted by Gasteiger charge is -2.19. The van der Waals surface area contributed by atoms with Crippen LogP contribution in [0.5, 0.6) is 0 Å². The van der Waals surface area contributed by atoms with E-state index < -0.39 is 5.97 Å². The summed E-state index contributed by atoms with van der Waals surface area (Å²) in [4.78, 5) is 24.9. The third-order valence-electron chi connectivity index (χ3n) is 4.05. The highest BCUT2D eigenvalue weighted by Crippen LogP contribution is 2.39. The Bertz CT molecular complexity index is 767. The van der Waals surface area contributed by atoms with Crippen molar-refractivity contribution < 1.29 is 14.7 Å². The fraction of sp³-hybridized carbons (Fsp3) is 0.294. The molecule has 3 rings (SSSR count). The van der Waals surface area contributed by atoms with Gasteiger partial charge in [0.25, 0.3) is 5.91 Å². The molecule has 0 unspecified atom stereocenters. The number of thiophene rings is 1. The van der Waals surface area contributed by atoms with Gasteiger partial charge < -0.3 is 15.2 Å². The molecule has 1 amide bonds. The van der Waals surface area contributed by atoms with Crippen molar-refractivity contribution in [2.75, 3.05) is 5.32 Å². The summed E-state index contributed by atoms with van der Waals surface area (Å²) in [5.41, 5.74) is 1.47. The molecule has 1 aliphatic carbocycles. The lowest BCUT2D eigenvalue weighted by molar-refractivity contribution is -0.254. The Morgan fingerprint density at radius 3 is 2.65 bits per heavy atom.